The van der Waals surface area contributed by atoms with E-state index in [0.717, 1.165) is 24.8 Å². The Bertz CT molecular complexity index is 1310. The van der Waals surface area contributed by atoms with Gasteiger partial charge in [0.05, 0.1) is 19.3 Å². The number of carbonyl (C=O) groups excluding carboxylic acids is 1. The summed E-state index contributed by atoms with van der Waals surface area (Å²) in [6.45, 7) is 32.8. The van der Waals surface area contributed by atoms with Crippen LogP contribution < -0.4 is 0 Å². The van der Waals surface area contributed by atoms with Crippen molar-refractivity contribution in [1.29, 1.82) is 0 Å². The summed E-state index contributed by atoms with van der Waals surface area (Å²) in [4.78, 5) is 11.7. The van der Waals surface area contributed by atoms with E-state index in [1.165, 1.54) is 38.4 Å². The zero-order valence-corrected chi connectivity index (χ0v) is 35.3. The summed E-state index contributed by atoms with van der Waals surface area (Å²) < 4.78 is 24.3. The van der Waals surface area contributed by atoms with Gasteiger partial charge in [-0.1, -0.05) is 91.8 Å². The van der Waals surface area contributed by atoms with E-state index in [-0.39, 0.29) is 27.7 Å². The Morgan fingerprint density at radius 3 is 2.14 bits per heavy atom. The zero-order valence-electron chi connectivity index (χ0n) is 33.3. The standard InChI is InChI=1S/C41H70O6Si2/c1-28(17-22-36(42)41(24-25-41)45-37(43)44-10)33-20-21-34-30(16-15-23-40(33,34)9)18-19-31-26-32(46-48(11,12)38(3,4)5)27-35(29(31)2)47-49(13,14)39(6,7)8/h17-19,22,28,32-36,42H,2,15-16,20-21,23-27H2,1,3-14H3/b22-17+,30-18+,31-19+/t28-,32-,33-,34+,35+,36-,40-/m1/s1. The second kappa shape index (κ2) is 14.5. The first-order valence-electron chi connectivity index (χ1n) is 19.0. The normalized spacial score (nSPS) is 32.3. The van der Waals surface area contributed by atoms with Crippen molar-refractivity contribution >= 4 is 22.8 Å². The van der Waals surface area contributed by atoms with Crippen LogP contribution in [0, 0.1) is 23.2 Å². The van der Waals surface area contributed by atoms with Crippen molar-refractivity contribution in [2.24, 2.45) is 23.2 Å². The maximum absolute atomic E-state index is 11.7. The lowest BCUT2D eigenvalue weighted by atomic mass is 9.61. The maximum atomic E-state index is 11.7. The first-order valence-corrected chi connectivity index (χ1v) is 24.9. The molecular formula is C41H70O6Si2. The molecule has 49 heavy (non-hydrogen) atoms. The monoisotopic (exact) mass is 714 g/mol. The number of rotatable bonds is 10. The van der Waals surface area contributed by atoms with Gasteiger partial charge in [-0.05, 0) is 122 Å². The third-order valence-electron chi connectivity index (χ3n) is 13.7. The second-order valence-corrected chi connectivity index (χ2v) is 28.7. The van der Waals surface area contributed by atoms with E-state index in [4.69, 9.17) is 13.6 Å². The maximum Gasteiger partial charge on any atom is 0.508 e. The van der Waals surface area contributed by atoms with Crippen LogP contribution >= 0.6 is 0 Å². The van der Waals surface area contributed by atoms with Crippen molar-refractivity contribution in [1.82, 2.24) is 0 Å². The van der Waals surface area contributed by atoms with Gasteiger partial charge in [0.1, 0.15) is 11.7 Å². The van der Waals surface area contributed by atoms with Crippen molar-refractivity contribution < 1.29 is 28.2 Å². The molecular weight excluding hydrogens is 645 g/mol. The van der Waals surface area contributed by atoms with Crippen molar-refractivity contribution in [3.8, 4) is 0 Å². The summed E-state index contributed by atoms with van der Waals surface area (Å²) in [5.41, 5.74) is 3.39. The Balaban J connectivity index is 1.54. The minimum atomic E-state index is -2.02. The van der Waals surface area contributed by atoms with E-state index in [1.54, 1.807) is 5.57 Å². The van der Waals surface area contributed by atoms with Crippen LogP contribution in [0.25, 0.3) is 0 Å². The highest BCUT2D eigenvalue weighted by molar-refractivity contribution is 6.74. The fraction of sp³-hybridized carbons (Fsp3) is 0.780. The number of ether oxygens (including phenoxy) is 2. The second-order valence-electron chi connectivity index (χ2n) is 19.2. The van der Waals surface area contributed by atoms with Crippen LogP contribution in [0.3, 0.4) is 0 Å². The number of methoxy groups -OCH3 is 1. The number of carbonyl (C=O) groups is 1. The van der Waals surface area contributed by atoms with Crippen molar-refractivity contribution in [2.75, 3.05) is 7.11 Å². The smallest absolute Gasteiger partial charge is 0.438 e. The van der Waals surface area contributed by atoms with Crippen LogP contribution in [-0.4, -0.2) is 58.9 Å². The highest BCUT2D eigenvalue weighted by Gasteiger charge is 2.54. The van der Waals surface area contributed by atoms with E-state index < -0.39 is 34.5 Å². The lowest BCUT2D eigenvalue weighted by Crippen LogP contribution is -2.49. The molecule has 0 radical (unpaired) electrons. The predicted molar refractivity (Wildman–Crippen MR) is 207 cm³/mol. The van der Waals surface area contributed by atoms with Gasteiger partial charge in [-0.2, -0.15) is 0 Å². The largest absolute Gasteiger partial charge is 0.508 e. The number of fused-ring (bicyclic) bond motifs is 1. The molecule has 7 atom stereocenters. The average Bonchev–Trinajstić information content (AvgIpc) is 3.67. The van der Waals surface area contributed by atoms with E-state index in [2.05, 4.69) is 111 Å². The molecule has 6 nitrogen and oxygen atoms in total. The molecule has 4 saturated carbocycles. The molecule has 0 unspecified atom stereocenters. The van der Waals surface area contributed by atoms with E-state index in [9.17, 15) is 9.90 Å². The zero-order chi connectivity index (χ0) is 36.8. The van der Waals surface area contributed by atoms with E-state index in [1.807, 2.05) is 6.08 Å². The van der Waals surface area contributed by atoms with E-state index in [0.29, 0.717) is 30.6 Å². The van der Waals surface area contributed by atoms with Crippen LogP contribution in [0.4, 0.5) is 4.79 Å². The summed E-state index contributed by atoms with van der Waals surface area (Å²) >= 11 is 0. The minimum absolute atomic E-state index is 0.0164. The summed E-state index contributed by atoms with van der Waals surface area (Å²) in [5.74, 6) is 1.40. The first kappa shape index (κ1) is 40.3. The Morgan fingerprint density at radius 1 is 0.959 bits per heavy atom. The molecule has 278 valence electrons. The van der Waals surface area contributed by atoms with Gasteiger partial charge >= 0.3 is 6.16 Å². The molecule has 4 rings (SSSR count). The van der Waals surface area contributed by atoms with Gasteiger partial charge in [-0.15, -0.1) is 0 Å². The highest BCUT2D eigenvalue weighted by Crippen LogP contribution is 2.60. The van der Waals surface area contributed by atoms with Crippen molar-refractivity contribution in [3.05, 3.63) is 47.6 Å². The molecule has 1 N–H and O–H groups in total. The number of hydrogen-bond acceptors (Lipinski definition) is 6. The molecule has 0 heterocycles. The Hall–Kier alpha value is -1.46. The fourth-order valence-corrected chi connectivity index (χ4v) is 11.0. The van der Waals surface area contributed by atoms with Crippen LogP contribution in [-0.2, 0) is 18.3 Å². The molecule has 0 aliphatic heterocycles. The molecule has 4 fully saturated rings. The van der Waals surface area contributed by atoms with Gasteiger partial charge in [-0.25, -0.2) is 4.79 Å². The summed E-state index contributed by atoms with van der Waals surface area (Å²) in [6, 6.07) is 0. The van der Waals surface area contributed by atoms with Gasteiger partial charge in [0.25, 0.3) is 0 Å². The number of aliphatic hydroxyl groups is 1. The quantitative estimate of drug-likeness (QED) is 0.138. The summed E-state index contributed by atoms with van der Waals surface area (Å²) in [6.07, 6.45) is 16.5. The molecule has 0 aromatic rings. The molecule has 0 aromatic carbocycles. The van der Waals surface area contributed by atoms with Gasteiger partial charge < -0.3 is 23.4 Å². The average molecular weight is 715 g/mol. The third-order valence-corrected chi connectivity index (χ3v) is 22.8. The number of allylic oxidation sites excluding steroid dienone is 4. The fourth-order valence-electron chi connectivity index (χ4n) is 8.29. The molecule has 0 amide bonds. The Morgan fingerprint density at radius 2 is 1.57 bits per heavy atom. The summed E-state index contributed by atoms with van der Waals surface area (Å²) in [5, 5.41) is 11.2. The van der Waals surface area contributed by atoms with Crippen LogP contribution in [0.15, 0.2) is 47.6 Å². The third kappa shape index (κ3) is 8.78. The molecule has 0 spiro atoms. The van der Waals surface area contributed by atoms with Gasteiger partial charge in [-0.3, -0.25) is 0 Å². The topological polar surface area (TPSA) is 74.2 Å². The Labute approximate surface area is 301 Å². The van der Waals surface area contributed by atoms with Crippen LogP contribution in [0.5, 0.6) is 0 Å². The van der Waals surface area contributed by atoms with Crippen LogP contribution in [0.2, 0.25) is 36.3 Å². The summed E-state index contributed by atoms with van der Waals surface area (Å²) in [7, 11) is -2.68. The molecule has 0 bridgehead atoms. The van der Waals surface area contributed by atoms with E-state index >= 15 is 0 Å². The molecule has 0 aromatic heterocycles. The van der Waals surface area contributed by atoms with Crippen molar-refractivity contribution in [3.63, 3.8) is 0 Å². The van der Waals surface area contributed by atoms with Gasteiger partial charge in [0.15, 0.2) is 16.6 Å². The number of hydrogen-bond donors (Lipinski definition) is 1. The first-order chi connectivity index (χ1) is 22.5. The van der Waals surface area contributed by atoms with Crippen molar-refractivity contribution in [2.45, 2.75) is 173 Å². The molecule has 4 aliphatic rings. The Kier molecular flexibility index (Phi) is 11.9. The highest BCUT2D eigenvalue weighted by atomic mass is 28.4. The lowest BCUT2D eigenvalue weighted by Gasteiger charge is -2.45. The number of aliphatic hydroxyl groups excluding tert-OH is 1. The van der Waals surface area contributed by atoms with Crippen LogP contribution in [0.1, 0.15) is 113 Å². The molecule has 8 heteroatoms. The lowest BCUT2D eigenvalue weighted by molar-refractivity contribution is -0.0245. The minimum Gasteiger partial charge on any atom is -0.438 e. The SMILES string of the molecule is C=C1/C(=C/C=C2\CCC[C@]3(C)[C@@H]([C@H](C)/C=C/[C@@H](O)C4(OC(=O)OC)CC4)CC[C@@H]23)C[C@@H](O[Si](C)(C)C(C)(C)C)C[C@@H]1O[Si](C)(C)C(C)(C)C. The predicted octanol–water partition coefficient (Wildman–Crippen LogP) is 11.1. The molecule has 0 saturated heterocycles. The van der Waals surface area contributed by atoms with Gasteiger partial charge in [0.2, 0.25) is 0 Å². The molecule has 4 aliphatic carbocycles. The van der Waals surface area contributed by atoms with Gasteiger partial charge in [0, 0.05) is 6.42 Å².